The Bertz CT molecular complexity index is 309. The van der Waals surface area contributed by atoms with Crippen molar-refractivity contribution in [2.45, 2.75) is 31.8 Å². The number of amides is 1. The fraction of sp³-hybridized carbons (Fsp3) is 0.833. The molecule has 0 aromatic rings. The minimum absolute atomic E-state index is 0.231. The highest BCUT2D eigenvalue weighted by molar-refractivity contribution is 6.01. The lowest BCUT2D eigenvalue weighted by atomic mass is 10.2. The van der Waals surface area contributed by atoms with Crippen molar-refractivity contribution in [1.29, 1.82) is 0 Å². The molecular weight excluding hydrogens is 234 g/mol. The van der Waals surface area contributed by atoms with Crippen LogP contribution in [0, 0.1) is 0 Å². The number of nitrogens with two attached hydrogens (primary N) is 1. The Morgan fingerprint density at radius 1 is 1.56 bits per heavy atom. The van der Waals surface area contributed by atoms with Gasteiger partial charge in [-0.25, -0.2) is 4.79 Å². The van der Waals surface area contributed by atoms with E-state index in [9.17, 15) is 9.59 Å². The summed E-state index contributed by atoms with van der Waals surface area (Å²) in [4.78, 5) is 27.1. The number of likely N-dealkylation sites (tertiary alicyclic amines) is 1. The minimum Gasteiger partial charge on any atom is -0.464 e. The Labute approximate surface area is 108 Å². The lowest BCUT2D eigenvalue weighted by Crippen LogP contribution is -2.50. The summed E-state index contributed by atoms with van der Waals surface area (Å²) in [5, 5.41) is 0. The van der Waals surface area contributed by atoms with Crippen LogP contribution in [0.1, 0.15) is 19.8 Å². The maximum atomic E-state index is 11.9. The average Bonchev–Trinajstić information content (AvgIpc) is 2.73. The van der Waals surface area contributed by atoms with Gasteiger partial charge in [0.25, 0.3) is 5.91 Å². The van der Waals surface area contributed by atoms with Gasteiger partial charge >= 0.3 is 5.97 Å². The molecule has 2 unspecified atom stereocenters. The second-order valence-corrected chi connectivity index (χ2v) is 4.73. The molecule has 0 saturated carbocycles. The Balaban J connectivity index is 2.47. The van der Waals surface area contributed by atoms with Gasteiger partial charge in [0.2, 0.25) is 0 Å². The first-order valence-electron chi connectivity index (χ1n) is 6.34. The zero-order chi connectivity index (χ0) is 13.7. The fourth-order valence-corrected chi connectivity index (χ4v) is 2.19. The van der Waals surface area contributed by atoms with Gasteiger partial charge in [-0.3, -0.25) is 4.79 Å². The van der Waals surface area contributed by atoms with Crippen LogP contribution in [0.3, 0.4) is 0 Å². The summed E-state index contributed by atoms with van der Waals surface area (Å²) in [6.45, 7) is 3.57. The van der Waals surface area contributed by atoms with E-state index in [1.807, 2.05) is 7.05 Å². The molecule has 1 amide bonds. The molecule has 0 aliphatic carbocycles. The van der Waals surface area contributed by atoms with Gasteiger partial charge in [-0.05, 0) is 33.4 Å². The van der Waals surface area contributed by atoms with Crippen LogP contribution in [0.15, 0.2) is 0 Å². The van der Waals surface area contributed by atoms with Crippen molar-refractivity contribution < 1.29 is 14.3 Å². The van der Waals surface area contributed by atoms with Crippen LogP contribution in [-0.2, 0) is 14.3 Å². The van der Waals surface area contributed by atoms with Crippen LogP contribution in [0.5, 0.6) is 0 Å². The average molecular weight is 257 g/mol. The quantitative estimate of drug-likeness (QED) is 0.527. The van der Waals surface area contributed by atoms with Crippen LogP contribution in [0.25, 0.3) is 0 Å². The first-order chi connectivity index (χ1) is 8.47. The predicted molar refractivity (Wildman–Crippen MR) is 67.9 cm³/mol. The number of esters is 1. The summed E-state index contributed by atoms with van der Waals surface area (Å²) in [6, 6.07) is -0.852. The van der Waals surface area contributed by atoms with Crippen LogP contribution < -0.4 is 5.73 Å². The third-order valence-corrected chi connectivity index (χ3v) is 3.34. The molecule has 0 radical (unpaired) electrons. The first kappa shape index (κ1) is 14.9. The second-order valence-electron chi connectivity index (χ2n) is 4.73. The number of hydrogen-bond donors (Lipinski definition) is 1. The fourth-order valence-electron chi connectivity index (χ4n) is 2.19. The summed E-state index contributed by atoms with van der Waals surface area (Å²) >= 11 is 0. The summed E-state index contributed by atoms with van der Waals surface area (Å²) in [6.07, 6.45) is 2.22. The monoisotopic (exact) mass is 257 g/mol. The van der Waals surface area contributed by atoms with E-state index in [-0.39, 0.29) is 12.5 Å². The standard InChI is InChI=1S/C12H23N3O3/c1-4-18-12(17)10(13)11(16)15(3)8-9-6-5-7-14(9)2/h9-10H,4-8,13H2,1-3H3. The number of carbonyl (C=O) groups is 2. The van der Waals surface area contributed by atoms with Crippen molar-refractivity contribution in [3.05, 3.63) is 0 Å². The largest absolute Gasteiger partial charge is 0.464 e. The van der Waals surface area contributed by atoms with Crippen LogP contribution in [-0.4, -0.2) is 67.6 Å². The zero-order valence-electron chi connectivity index (χ0n) is 11.4. The Morgan fingerprint density at radius 2 is 2.22 bits per heavy atom. The summed E-state index contributed by atoms with van der Waals surface area (Å²) < 4.78 is 4.74. The van der Waals surface area contributed by atoms with Crippen molar-refractivity contribution in [2.24, 2.45) is 5.73 Å². The van der Waals surface area contributed by atoms with Gasteiger partial charge < -0.3 is 20.3 Å². The molecule has 1 fully saturated rings. The molecule has 2 atom stereocenters. The van der Waals surface area contributed by atoms with Crippen molar-refractivity contribution in [3.8, 4) is 0 Å². The van der Waals surface area contributed by atoms with E-state index in [0.717, 1.165) is 19.4 Å². The summed E-state index contributed by atoms with van der Waals surface area (Å²) in [5.74, 6) is -1.04. The number of rotatable bonds is 5. The van der Waals surface area contributed by atoms with E-state index in [2.05, 4.69) is 4.90 Å². The highest BCUT2D eigenvalue weighted by Gasteiger charge is 2.29. The van der Waals surface area contributed by atoms with E-state index in [1.54, 1.807) is 14.0 Å². The van der Waals surface area contributed by atoms with Crippen molar-refractivity contribution >= 4 is 11.9 Å². The maximum absolute atomic E-state index is 11.9. The topological polar surface area (TPSA) is 75.9 Å². The smallest absolute Gasteiger partial charge is 0.332 e. The van der Waals surface area contributed by atoms with Crippen LogP contribution in [0.2, 0.25) is 0 Å². The molecule has 1 rings (SSSR count). The number of hydrogen-bond acceptors (Lipinski definition) is 5. The molecule has 6 heteroatoms. The minimum atomic E-state index is -1.21. The van der Waals surface area contributed by atoms with Gasteiger partial charge in [-0.1, -0.05) is 0 Å². The molecule has 1 saturated heterocycles. The van der Waals surface area contributed by atoms with Crippen molar-refractivity contribution in [3.63, 3.8) is 0 Å². The van der Waals surface area contributed by atoms with Gasteiger partial charge in [0.15, 0.2) is 6.04 Å². The third-order valence-electron chi connectivity index (χ3n) is 3.34. The Morgan fingerprint density at radius 3 is 2.72 bits per heavy atom. The van der Waals surface area contributed by atoms with Crippen LogP contribution >= 0.6 is 0 Å². The lowest BCUT2D eigenvalue weighted by molar-refractivity contribution is -0.150. The predicted octanol–water partition coefficient (Wildman–Crippen LogP) is -0.571. The molecule has 2 N–H and O–H groups in total. The Hall–Kier alpha value is -1.14. The number of carbonyl (C=O) groups excluding carboxylic acids is 2. The maximum Gasteiger partial charge on any atom is 0.332 e. The zero-order valence-corrected chi connectivity index (χ0v) is 11.4. The number of nitrogens with zero attached hydrogens (tertiary/aromatic N) is 2. The molecule has 1 aliphatic rings. The van der Waals surface area contributed by atoms with Gasteiger partial charge in [-0.2, -0.15) is 0 Å². The molecule has 0 bridgehead atoms. The lowest BCUT2D eigenvalue weighted by Gasteiger charge is -2.27. The van der Waals surface area contributed by atoms with Crippen molar-refractivity contribution in [1.82, 2.24) is 9.80 Å². The molecule has 1 heterocycles. The summed E-state index contributed by atoms with van der Waals surface area (Å²) in [7, 11) is 3.72. The SMILES string of the molecule is CCOC(=O)C(N)C(=O)N(C)CC1CCCN1C. The molecule has 1 aliphatic heterocycles. The van der Waals surface area contributed by atoms with Gasteiger partial charge in [-0.15, -0.1) is 0 Å². The third kappa shape index (κ3) is 3.68. The van der Waals surface area contributed by atoms with E-state index < -0.39 is 12.0 Å². The van der Waals surface area contributed by atoms with E-state index in [1.165, 1.54) is 4.90 Å². The van der Waals surface area contributed by atoms with Gasteiger partial charge in [0.05, 0.1) is 6.61 Å². The first-order valence-corrected chi connectivity index (χ1v) is 6.34. The van der Waals surface area contributed by atoms with E-state index >= 15 is 0 Å². The van der Waals surface area contributed by atoms with Crippen molar-refractivity contribution in [2.75, 3.05) is 33.8 Å². The molecule has 0 spiro atoms. The van der Waals surface area contributed by atoms with E-state index in [0.29, 0.717) is 12.6 Å². The second kappa shape index (κ2) is 6.70. The number of ether oxygens (including phenoxy) is 1. The summed E-state index contributed by atoms with van der Waals surface area (Å²) in [5.41, 5.74) is 5.58. The van der Waals surface area contributed by atoms with Gasteiger partial charge in [0, 0.05) is 19.6 Å². The normalized spacial score (nSPS) is 21.7. The molecule has 6 nitrogen and oxygen atoms in total. The highest BCUT2D eigenvalue weighted by Crippen LogP contribution is 2.15. The highest BCUT2D eigenvalue weighted by atomic mass is 16.5. The van der Waals surface area contributed by atoms with Crippen LogP contribution in [0.4, 0.5) is 0 Å². The molecule has 18 heavy (non-hydrogen) atoms. The van der Waals surface area contributed by atoms with Gasteiger partial charge in [0.1, 0.15) is 0 Å². The molecular formula is C12H23N3O3. The molecule has 0 aromatic heterocycles. The number of likely N-dealkylation sites (N-methyl/N-ethyl adjacent to an activating group) is 2. The molecule has 104 valence electrons. The van der Waals surface area contributed by atoms with E-state index in [4.69, 9.17) is 10.5 Å². The Kier molecular flexibility index (Phi) is 5.55. The molecule has 0 aromatic carbocycles.